The summed E-state index contributed by atoms with van der Waals surface area (Å²) in [5.41, 5.74) is 1.80. The summed E-state index contributed by atoms with van der Waals surface area (Å²) in [5, 5.41) is 0.558. The van der Waals surface area contributed by atoms with Crippen LogP contribution >= 0.6 is 11.6 Å². The van der Waals surface area contributed by atoms with Crippen molar-refractivity contribution in [2.24, 2.45) is 0 Å². The van der Waals surface area contributed by atoms with E-state index in [-0.39, 0.29) is 11.1 Å². The van der Waals surface area contributed by atoms with Crippen LogP contribution in [-0.4, -0.2) is 37.6 Å². The molecule has 1 aliphatic rings. The maximum Gasteiger partial charge on any atom is 0.298 e. The summed E-state index contributed by atoms with van der Waals surface area (Å²) in [6.45, 7) is 1.40. The predicted octanol–water partition coefficient (Wildman–Crippen LogP) is 4.72. The number of halogens is 1. The van der Waals surface area contributed by atoms with E-state index >= 15 is 0 Å². The highest BCUT2D eigenvalue weighted by Gasteiger charge is 2.25. The third-order valence-electron chi connectivity index (χ3n) is 5.39. The number of rotatable bonds is 6. The SMILES string of the molecule is O=S(=O)(Nc1ccccc1OC1CCN(c2nc3ccc(Cl)cc3o2)CC1)c1ccccn1. The number of para-hydroxylation sites is 2. The Bertz CT molecular complexity index is 1370. The average molecular weight is 485 g/mol. The van der Waals surface area contributed by atoms with Crippen LogP contribution in [0.3, 0.4) is 0 Å². The van der Waals surface area contributed by atoms with Crippen LogP contribution in [0, 0.1) is 0 Å². The number of hydrogen-bond acceptors (Lipinski definition) is 7. The van der Waals surface area contributed by atoms with Crippen molar-refractivity contribution in [1.82, 2.24) is 9.97 Å². The lowest BCUT2D eigenvalue weighted by atomic mass is 10.1. The highest BCUT2D eigenvalue weighted by atomic mass is 35.5. The fraction of sp³-hybridized carbons (Fsp3) is 0.217. The maximum absolute atomic E-state index is 12.7. The van der Waals surface area contributed by atoms with Crippen molar-refractivity contribution < 1.29 is 17.6 Å². The summed E-state index contributed by atoms with van der Waals surface area (Å²) in [6.07, 6.45) is 2.85. The Morgan fingerprint density at radius 1 is 1.06 bits per heavy atom. The number of piperidine rings is 1. The van der Waals surface area contributed by atoms with Crippen molar-refractivity contribution >= 4 is 44.4 Å². The molecule has 0 amide bonds. The minimum absolute atomic E-state index is 0.0484. The van der Waals surface area contributed by atoms with Gasteiger partial charge in [0, 0.05) is 43.2 Å². The largest absolute Gasteiger partial charge is 0.488 e. The number of sulfonamides is 1. The number of hydrogen-bond donors (Lipinski definition) is 1. The molecule has 1 N–H and O–H groups in total. The van der Waals surface area contributed by atoms with Gasteiger partial charge in [-0.05, 0) is 36.4 Å². The second-order valence-corrected chi connectivity index (χ2v) is 9.75. The molecule has 0 atom stereocenters. The summed E-state index contributed by atoms with van der Waals surface area (Å²) >= 11 is 6.03. The van der Waals surface area contributed by atoms with E-state index in [4.69, 9.17) is 20.8 Å². The van der Waals surface area contributed by atoms with Gasteiger partial charge < -0.3 is 14.1 Å². The third kappa shape index (κ3) is 4.74. The Balaban J connectivity index is 1.25. The Kier molecular flexibility index (Phi) is 5.82. The van der Waals surface area contributed by atoms with Gasteiger partial charge in [-0.3, -0.25) is 4.72 Å². The molecule has 2 aromatic heterocycles. The molecule has 8 nitrogen and oxygen atoms in total. The molecule has 33 heavy (non-hydrogen) atoms. The molecular weight excluding hydrogens is 464 g/mol. The molecule has 0 aliphatic carbocycles. The number of benzene rings is 2. The number of nitrogens with zero attached hydrogens (tertiary/aromatic N) is 3. The summed E-state index contributed by atoms with van der Waals surface area (Å²) < 4.78 is 40.0. The van der Waals surface area contributed by atoms with Crippen LogP contribution in [0.1, 0.15) is 12.8 Å². The first kappa shape index (κ1) is 21.5. The van der Waals surface area contributed by atoms with Gasteiger partial charge in [-0.25, -0.2) is 4.98 Å². The topological polar surface area (TPSA) is 97.6 Å². The molecule has 0 unspecified atom stereocenters. The van der Waals surface area contributed by atoms with Crippen molar-refractivity contribution in [3.05, 3.63) is 71.9 Å². The van der Waals surface area contributed by atoms with Gasteiger partial charge in [0.2, 0.25) is 0 Å². The van der Waals surface area contributed by atoms with Crippen molar-refractivity contribution in [3.63, 3.8) is 0 Å². The van der Waals surface area contributed by atoms with Crippen molar-refractivity contribution in [2.45, 2.75) is 24.0 Å². The van der Waals surface area contributed by atoms with Gasteiger partial charge in [0.15, 0.2) is 10.6 Å². The van der Waals surface area contributed by atoms with Gasteiger partial charge in [-0.1, -0.05) is 29.8 Å². The first-order chi connectivity index (χ1) is 16.0. The zero-order valence-electron chi connectivity index (χ0n) is 17.5. The van der Waals surface area contributed by atoms with Crippen LogP contribution in [0.5, 0.6) is 5.75 Å². The minimum atomic E-state index is -3.82. The lowest BCUT2D eigenvalue weighted by Crippen LogP contribution is -2.38. The number of pyridine rings is 1. The minimum Gasteiger partial charge on any atom is -0.488 e. The molecular formula is C23H21ClN4O4S. The standard InChI is InChI=1S/C23H21ClN4O4S/c24-16-8-9-18-21(15-16)32-23(26-18)28-13-10-17(11-14-28)31-20-6-2-1-5-19(20)27-33(29,30)22-7-3-4-12-25-22/h1-9,12,15,17,27H,10-11,13-14H2. The highest BCUT2D eigenvalue weighted by molar-refractivity contribution is 7.92. The summed E-state index contributed by atoms with van der Waals surface area (Å²) in [5.74, 6) is 0.479. The van der Waals surface area contributed by atoms with E-state index in [0.29, 0.717) is 41.1 Å². The lowest BCUT2D eigenvalue weighted by Gasteiger charge is -2.31. The van der Waals surface area contributed by atoms with Crippen molar-refractivity contribution in [2.75, 3.05) is 22.7 Å². The highest BCUT2D eigenvalue weighted by Crippen LogP contribution is 2.31. The quantitative estimate of drug-likeness (QED) is 0.422. The Morgan fingerprint density at radius 2 is 1.85 bits per heavy atom. The van der Waals surface area contributed by atoms with Crippen LogP contribution in [0.15, 0.2) is 76.3 Å². The van der Waals surface area contributed by atoms with E-state index in [1.807, 2.05) is 12.1 Å². The van der Waals surface area contributed by atoms with Crippen LogP contribution in [0.4, 0.5) is 11.7 Å². The van der Waals surface area contributed by atoms with Gasteiger partial charge in [-0.2, -0.15) is 13.4 Å². The third-order valence-corrected chi connectivity index (χ3v) is 6.91. The molecule has 0 spiro atoms. The number of ether oxygens (including phenoxy) is 1. The normalized spacial score (nSPS) is 15.0. The number of anilines is 2. The molecule has 4 aromatic rings. The van der Waals surface area contributed by atoms with Gasteiger partial charge >= 0.3 is 0 Å². The summed E-state index contributed by atoms with van der Waals surface area (Å²) in [6, 6.07) is 17.7. The zero-order valence-corrected chi connectivity index (χ0v) is 19.1. The van der Waals surface area contributed by atoms with E-state index < -0.39 is 10.0 Å². The lowest BCUT2D eigenvalue weighted by molar-refractivity contribution is 0.170. The van der Waals surface area contributed by atoms with Gasteiger partial charge in [0.25, 0.3) is 16.0 Å². The fourth-order valence-electron chi connectivity index (χ4n) is 3.72. The van der Waals surface area contributed by atoms with Crippen LogP contribution < -0.4 is 14.4 Å². The van der Waals surface area contributed by atoms with E-state index in [1.54, 1.807) is 42.5 Å². The second kappa shape index (κ2) is 8.92. The molecule has 0 bridgehead atoms. The Labute approximate surface area is 196 Å². The summed E-state index contributed by atoms with van der Waals surface area (Å²) in [7, 11) is -3.82. The first-order valence-electron chi connectivity index (χ1n) is 10.5. The van der Waals surface area contributed by atoms with E-state index in [1.165, 1.54) is 12.3 Å². The number of fused-ring (bicyclic) bond motifs is 1. The monoisotopic (exact) mass is 484 g/mol. The maximum atomic E-state index is 12.7. The molecule has 1 saturated heterocycles. The predicted molar refractivity (Wildman–Crippen MR) is 126 cm³/mol. The smallest absolute Gasteiger partial charge is 0.298 e. The Hall–Kier alpha value is -3.30. The van der Waals surface area contributed by atoms with Crippen LogP contribution in [-0.2, 0) is 10.0 Å². The first-order valence-corrected chi connectivity index (χ1v) is 12.3. The number of aromatic nitrogens is 2. The average Bonchev–Trinajstić information content (AvgIpc) is 3.24. The van der Waals surface area contributed by atoms with Gasteiger partial charge in [0.05, 0.1) is 5.69 Å². The molecule has 0 saturated carbocycles. The fourth-order valence-corrected chi connectivity index (χ4v) is 4.91. The zero-order chi connectivity index (χ0) is 22.8. The molecule has 5 rings (SSSR count). The van der Waals surface area contributed by atoms with Crippen molar-refractivity contribution in [1.29, 1.82) is 0 Å². The number of nitrogens with one attached hydrogen (secondary N) is 1. The van der Waals surface area contributed by atoms with E-state index in [0.717, 1.165) is 18.4 Å². The second-order valence-electron chi connectivity index (χ2n) is 7.68. The molecule has 0 radical (unpaired) electrons. The van der Waals surface area contributed by atoms with Crippen molar-refractivity contribution in [3.8, 4) is 5.75 Å². The van der Waals surface area contributed by atoms with Crippen LogP contribution in [0.25, 0.3) is 11.1 Å². The number of oxazole rings is 1. The molecule has 1 fully saturated rings. The van der Waals surface area contributed by atoms with E-state index in [2.05, 4.69) is 19.6 Å². The van der Waals surface area contributed by atoms with Gasteiger partial charge in [0.1, 0.15) is 17.4 Å². The molecule has 3 heterocycles. The summed E-state index contributed by atoms with van der Waals surface area (Å²) in [4.78, 5) is 10.6. The van der Waals surface area contributed by atoms with E-state index in [9.17, 15) is 8.42 Å². The van der Waals surface area contributed by atoms with Gasteiger partial charge in [-0.15, -0.1) is 0 Å². The molecule has 170 valence electrons. The molecule has 2 aromatic carbocycles. The molecule has 1 aliphatic heterocycles. The Morgan fingerprint density at radius 3 is 2.64 bits per heavy atom. The van der Waals surface area contributed by atoms with Crippen LogP contribution in [0.2, 0.25) is 5.02 Å². The molecule has 10 heteroatoms.